The largest absolute Gasteiger partial charge is 0.393 e. The highest BCUT2D eigenvalue weighted by Gasteiger charge is 2.54. The maximum Gasteiger partial charge on any atom is 0.264 e. The second kappa shape index (κ2) is 8.56. The molecule has 1 saturated carbocycles. The third kappa shape index (κ3) is 4.89. The van der Waals surface area contributed by atoms with Crippen molar-refractivity contribution in [1.82, 2.24) is 10.5 Å². The van der Waals surface area contributed by atoms with Gasteiger partial charge in [0.25, 0.3) is 5.91 Å². The van der Waals surface area contributed by atoms with Crippen LogP contribution >= 0.6 is 11.3 Å². The molecule has 0 saturated heterocycles. The summed E-state index contributed by atoms with van der Waals surface area (Å²) in [5.41, 5.74) is 1.26. The number of amides is 1. The lowest BCUT2D eigenvalue weighted by Crippen LogP contribution is -2.49. The van der Waals surface area contributed by atoms with Gasteiger partial charge in [0.1, 0.15) is 10.4 Å². The quantitative estimate of drug-likeness (QED) is 0.340. The lowest BCUT2D eigenvalue weighted by atomic mass is 10.0. The summed E-state index contributed by atoms with van der Waals surface area (Å²) in [5.74, 6) is 9.43. The van der Waals surface area contributed by atoms with Crippen LogP contribution in [0.3, 0.4) is 0 Å². The maximum atomic E-state index is 13.6. The summed E-state index contributed by atoms with van der Waals surface area (Å²) in [7, 11) is -3.77. The van der Waals surface area contributed by atoms with Gasteiger partial charge < -0.3 is 5.11 Å². The Hall–Kier alpha value is -2.50. The third-order valence-corrected chi connectivity index (χ3v) is 8.54. The number of aliphatic hydroxyl groups excluding tert-OH is 1. The number of rotatable bonds is 6. The van der Waals surface area contributed by atoms with E-state index >= 15 is 0 Å². The van der Waals surface area contributed by atoms with Crippen molar-refractivity contribution >= 4 is 37.3 Å². The van der Waals surface area contributed by atoms with Crippen LogP contribution in [0.15, 0.2) is 18.2 Å². The van der Waals surface area contributed by atoms with E-state index in [1.54, 1.807) is 12.1 Å². The average Bonchev–Trinajstić information content (AvgIpc) is 3.20. The minimum Gasteiger partial charge on any atom is -0.393 e. The van der Waals surface area contributed by atoms with Gasteiger partial charge in [0, 0.05) is 24.7 Å². The molecule has 0 bridgehead atoms. The molecule has 10 heteroatoms. The molecule has 7 nitrogen and oxygen atoms in total. The predicted molar refractivity (Wildman–Crippen MR) is 115 cm³/mol. The summed E-state index contributed by atoms with van der Waals surface area (Å²) in [6.45, 7) is 0.739. The molecule has 1 fully saturated rings. The van der Waals surface area contributed by atoms with E-state index < -0.39 is 38.7 Å². The van der Waals surface area contributed by atoms with Gasteiger partial charge in [-0.1, -0.05) is 11.8 Å². The fraction of sp³-hybridized carbons (Fsp3) is 0.429. The number of carbonyl (C=O) groups is 1. The normalized spacial score (nSPS) is 21.9. The average molecular weight is 465 g/mol. The van der Waals surface area contributed by atoms with Crippen LogP contribution in [0.2, 0.25) is 0 Å². The van der Waals surface area contributed by atoms with Crippen molar-refractivity contribution in [1.29, 1.82) is 0 Å². The lowest BCUT2D eigenvalue weighted by molar-refractivity contribution is -0.131. The van der Waals surface area contributed by atoms with Crippen molar-refractivity contribution in [2.24, 2.45) is 5.92 Å². The number of aromatic nitrogens is 1. The van der Waals surface area contributed by atoms with Gasteiger partial charge in [-0.2, -0.15) is 0 Å². The number of nitrogens with one attached hydrogen (secondary N) is 1. The first-order valence-electron chi connectivity index (χ1n) is 9.37. The highest BCUT2D eigenvalue weighted by molar-refractivity contribution is 7.92. The van der Waals surface area contributed by atoms with Crippen molar-refractivity contribution in [3.05, 3.63) is 28.8 Å². The number of alkyl halides is 1. The van der Waals surface area contributed by atoms with Crippen molar-refractivity contribution in [3.8, 4) is 23.7 Å². The molecular formula is C21H21FN2O5S2. The highest BCUT2D eigenvalue weighted by atomic mass is 32.2. The fourth-order valence-corrected chi connectivity index (χ4v) is 4.81. The summed E-state index contributed by atoms with van der Waals surface area (Å²) in [6.07, 6.45) is 1.38. The monoisotopic (exact) mass is 464 g/mol. The fourth-order valence-electron chi connectivity index (χ4n) is 2.95. The van der Waals surface area contributed by atoms with Crippen molar-refractivity contribution in [2.75, 3.05) is 12.9 Å². The zero-order chi connectivity index (χ0) is 22.9. The Morgan fingerprint density at radius 1 is 1.45 bits per heavy atom. The molecule has 0 unspecified atom stereocenters. The Bertz CT molecular complexity index is 1250. The molecule has 1 heterocycles. The van der Waals surface area contributed by atoms with E-state index in [1.807, 2.05) is 6.07 Å². The molecule has 1 aliphatic carbocycles. The standard InChI is InChI=1S/C21H21FN2O5S2/c1-20(19(26)24-27,31(2,28)29)10-9-18-23-16-8-7-14(11-17(16)30-18)5-3-4-6-15-12-21(15,22)13-25/h7-8,11,15,25,27H,9-10,12-13H2,1-2H3,(H,24,26)/t15-,20+,21-/m0/s1. The molecule has 1 aromatic heterocycles. The first kappa shape index (κ1) is 23.2. The summed E-state index contributed by atoms with van der Waals surface area (Å²) in [4.78, 5) is 16.4. The van der Waals surface area contributed by atoms with Crippen LogP contribution in [-0.4, -0.2) is 52.9 Å². The Balaban J connectivity index is 1.72. The summed E-state index contributed by atoms with van der Waals surface area (Å²) in [5, 5.41) is 18.4. The van der Waals surface area contributed by atoms with Crippen molar-refractivity contribution in [3.63, 3.8) is 0 Å². The molecule has 3 rings (SSSR count). The number of aliphatic hydroxyl groups is 1. The number of halogens is 1. The van der Waals surface area contributed by atoms with Gasteiger partial charge in [0.15, 0.2) is 9.84 Å². The number of hydrogen-bond acceptors (Lipinski definition) is 7. The number of hydrogen-bond donors (Lipinski definition) is 3. The molecule has 3 N–H and O–H groups in total. The van der Waals surface area contributed by atoms with E-state index in [-0.39, 0.29) is 19.3 Å². The Labute approximate surface area is 183 Å². The maximum absolute atomic E-state index is 13.6. The topological polar surface area (TPSA) is 117 Å². The molecule has 164 valence electrons. The van der Waals surface area contributed by atoms with Gasteiger partial charge in [0.2, 0.25) is 0 Å². The van der Waals surface area contributed by atoms with Crippen molar-refractivity contribution in [2.45, 2.75) is 36.6 Å². The zero-order valence-corrected chi connectivity index (χ0v) is 18.5. The number of hydroxylamine groups is 1. The number of thiazole rings is 1. The van der Waals surface area contributed by atoms with Gasteiger partial charge in [-0.3, -0.25) is 10.0 Å². The molecule has 0 spiro atoms. The van der Waals surface area contributed by atoms with Gasteiger partial charge >= 0.3 is 0 Å². The van der Waals surface area contributed by atoms with Crippen LogP contribution in [-0.2, 0) is 21.1 Å². The van der Waals surface area contributed by atoms with Crippen LogP contribution in [0.25, 0.3) is 10.2 Å². The lowest BCUT2D eigenvalue weighted by Gasteiger charge is -2.24. The molecule has 3 atom stereocenters. The minimum absolute atomic E-state index is 0.0363. The second-order valence-electron chi connectivity index (χ2n) is 7.70. The van der Waals surface area contributed by atoms with Crippen LogP contribution in [0.4, 0.5) is 4.39 Å². The van der Waals surface area contributed by atoms with E-state index in [9.17, 15) is 17.6 Å². The van der Waals surface area contributed by atoms with E-state index in [0.29, 0.717) is 16.1 Å². The summed E-state index contributed by atoms with van der Waals surface area (Å²) < 4.78 is 36.8. The van der Waals surface area contributed by atoms with Gasteiger partial charge in [0.05, 0.1) is 27.7 Å². The molecule has 31 heavy (non-hydrogen) atoms. The van der Waals surface area contributed by atoms with Gasteiger partial charge in [-0.25, -0.2) is 23.3 Å². The Morgan fingerprint density at radius 2 is 2.19 bits per heavy atom. The van der Waals surface area contributed by atoms with Gasteiger partial charge in [-0.15, -0.1) is 11.3 Å². The predicted octanol–water partition coefficient (Wildman–Crippen LogP) is 1.61. The summed E-state index contributed by atoms with van der Waals surface area (Å²) in [6, 6.07) is 5.37. The first-order valence-corrected chi connectivity index (χ1v) is 12.1. The molecule has 1 amide bonds. The molecule has 0 radical (unpaired) electrons. The minimum atomic E-state index is -3.77. The van der Waals surface area contributed by atoms with E-state index in [2.05, 4.69) is 28.7 Å². The zero-order valence-electron chi connectivity index (χ0n) is 16.9. The van der Waals surface area contributed by atoms with E-state index in [4.69, 9.17) is 10.3 Å². The molecule has 2 aromatic rings. The van der Waals surface area contributed by atoms with Crippen LogP contribution in [0.1, 0.15) is 30.3 Å². The number of sulfone groups is 1. The molecule has 0 aliphatic heterocycles. The van der Waals surface area contributed by atoms with E-state index in [0.717, 1.165) is 11.0 Å². The van der Waals surface area contributed by atoms with Gasteiger partial charge in [-0.05, 0) is 43.4 Å². The molecule has 1 aliphatic rings. The highest BCUT2D eigenvalue weighted by Crippen LogP contribution is 2.46. The molecular weight excluding hydrogens is 443 g/mol. The number of nitrogens with zero attached hydrogens (tertiary/aromatic N) is 1. The van der Waals surface area contributed by atoms with Crippen LogP contribution < -0.4 is 5.48 Å². The third-order valence-electron chi connectivity index (χ3n) is 5.44. The number of benzene rings is 1. The smallest absolute Gasteiger partial charge is 0.264 e. The number of carbonyl (C=O) groups excluding carboxylic acids is 1. The Kier molecular flexibility index (Phi) is 6.40. The van der Waals surface area contributed by atoms with Crippen LogP contribution in [0, 0.1) is 29.6 Å². The number of aryl methyl sites for hydroxylation is 1. The summed E-state index contributed by atoms with van der Waals surface area (Å²) >= 11 is 1.36. The van der Waals surface area contributed by atoms with Crippen molar-refractivity contribution < 1.29 is 27.9 Å². The number of fused-ring (bicyclic) bond motifs is 1. The molecule has 1 aromatic carbocycles. The van der Waals surface area contributed by atoms with Crippen LogP contribution in [0.5, 0.6) is 0 Å². The Morgan fingerprint density at radius 3 is 2.81 bits per heavy atom. The van der Waals surface area contributed by atoms with E-state index in [1.165, 1.54) is 23.7 Å². The second-order valence-corrected chi connectivity index (χ2v) is 11.3. The SMILES string of the molecule is C[C@@](CCc1nc2ccc(C#CC#C[C@H]3C[C@]3(F)CO)cc2s1)(C(=O)NO)S(C)(=O)=O. The first-order chi connectivity index (χ1) is 14.5.